The van der Waals surface area contributed by atoms with Gasteiger partial charge in [0.05, 0.1) is 7.11 Å². The zero-order chi connectivity index (χ0) is 23.1. The molecule has 1 aliphatic rings. The first-order valence-electron chi connectivity index (χ1n) is 10.9. The molecule has 2 aromatic carbocycles. The van der Waals surface area contributed by atoms with Crippen LogP contribution in [0.1, 0.15) is 41.3 Å². The summed E-state index contributed by atoms with van der Waals surface area (Å²) in [6, 6.07) is 14.3. The van der Waals surface area contributed by atoms with E-state index in [-0.39, 0.29) is 23.8 Å². The molecule has 7 heteroatoms. The summed E-state index contributed by atoms with van der Waals surface area (Å²) < 4.78 is 5.25. The summed E-state index contributed by atoms with van der Waals surface area (Å²) in [4.78, 5) is 39.1. The Balaban J connectivity index is 1.56. The Morgan fingerprint density at radius 1 is 1.09 bits per heavy atom. The molecule has 0 aliphatic carbocycles. The minimum absolute atomic E-state index is 0.0175. The van der Waals surface area contributed by atoms with Crippen molar-refractivity contribution in [1.29, 1.82) is 0 Å². The molecule has 3 amide bonds. The van der Waals surface area contributed by atoms with Gasteiger partial charge in [-0.2, -0.15) is 0 Å². The fourth-order valence-corrected chi connectivity index (χ4v) is 3.90. The summed E-state index contributed by atoms with van der Waals surface area (Å²) in [6.45, 7) is 4.56. The number of carbonyl (C=O) groups is 3. The highest BCUT2D eigenvalue weighted by molar-refractivity contribution is 5.94. The third kappa shape index (κ3) is 6.33. The van der Waals surface area contributed by atoms with Crippen LogP contribution in [0, 0.1) is 6.92 Å². The minimum Gasteiger partial charge on any atom is -0.497 e. The Labute approximate surface area is 189 Å². The van der Waals surface area contributed by atoms with Crippen molar-refractivity contribution < 1.29 is 19.1 Å². The molecule has 0 aromatic heterocycles. The fourth-order valence-electron chi connectivity index (χ4n) is 3.90. The van der Waals surface area contributed by atoms with Gasteiger partial charge in [-0.25, -0.2) is 0 Å². The first-order chi connectivity index (χ1) is 15.4. The first-order valence-corrected chi connectivity index (χ1v) is 10.9. The van der Waals surface area contributed by atoms with Crippen molar-refractivity contribution in [1.82, 2.24) is 15.5 Å². The minimum atomic E-state index is -0.674. The number of hydrogen-bond donors (Lipinski definition) is 2. The fraction of sp³-hybridized carbons (Fsp3) is 0.400. The van der Waals surface area contributed by atoms with Gasteiger partial charge in [0.25, 0.3) is 5.91 Å². The number of nitrogens with one attached hydrogen (secondary N) is 2. The predicted molar refractivity (Wildman–Crippen MR) is 123 cm³/mol. The summed E-state index contributed by atoms with van der Waals surface area (Å²) in [5, 5.41) is 5.81. The third-order valence-corrected chi connectivity index (χ3v) is 5.70. The topological polar surface area (TPSA) is 87.7 Å². The van der Waals surface area contributed by atoms with Crippen LogP contribution >= 0.6 is 0 Å². The standard InChI is InChI=1S/C25H31N3O4/c1-17-7-9-20(10-8-17)25(31)28-13-11-21(12-14-28)27-24(30)23(26-18(2)29)16-19-5-4-6-22(15-19)32-3/h4-10,15,21,23H,11-14,16H2,1-3H3,(H,26,29)(H,27,30). The molecule has 1 unspecified atom stereocenters. The Morgan fingerprint density at radius 3 is 2.41 bits per heavy atom. The molecule has 3 rings (SSSR count). The van der Waals surface area contributed by atoms with Gasteiger partial charge in [0.2, 0.25) is 11.8 Å². The van der Waals surface area contributed by atoms with Crippen molar-refractivity contribution in [2.24, 2.45) is 0 Å². The van der Waals surface area contributed by atoms with Gasteiger partial charge in [0, 0.05) is 38.0 Å². The van der Waals surface area contributed by atoms with Gasteiger partial charge in [-0.3, -0.25) is 14.4 Å². The monoisotopic (exact) mass is 437 g/mol. The second kappa shape index (κ2) is 10.8. The van der Waals surface area contributed by atoms with Crippen LogP contribution in [0.4, 0.5) is 0 Å². The molecule has 1 atom stereocenters. The van der Waals surface area contributed by atoms with E-state index in [0.29, 0.717) is 43.7 Å². The molecule has 1 fully saturated rings. The Kier molecular flexibility index (Phi) is 7.87. The summed E-state index contributed by atoms with van der Waals surface area (Å²) in [7, 11) is 1.59. The van der Waals surface area contributed by atoms with Crippen molar-refractivity contribution in [3.05, 3.63) is 65.2 Å². The predicted octanol–water partition coefficient (Wildman–Crippen LogP) is 2.47. The number of nitrogens with zero attached hydrogens (tertiary/aromatic N) is 1. The number of hydrogen-bond acceptors (Lipinski definition) is 4. The Morgan fingerprint density at radius 2 is 1.78 bits per heavy atom. The highest BCUT2D eigenvalue weighted by atomic mass is 16.5. The second-order valence-corrected chi connectivity index (χ2v) is 8.25. The maximum Gasteiger partial charge on any atom is 0.253 e. The number of piperidine rings is 1. The Hall–Kier alpha value is -3.35. The number of ether oxygens (including phenoxy) is 1. The molecule has 0 saturated carbocycles. The van der Waals surface area contributed by atoms with Crippen LogP contribution in [0.5, 0.6) is 5.75 Å². The van der Waals surface area contributed by atoms with Gasteiger partial charge in [-0.1, -0.05) is 29.8 Å². The molecule has 1 heterocycles. The number of methoxy groups -OCH3 is 1. The van der Waals surface area contributed by atoms with Crippen LogP contribution in [0.15, 0.2) is 48.5 Å². The number of benzene rings is 2. The van der Waals surface area contributed by atoms with Crippen molar-refractivity contribution in [3.8, 4) is 5.75 Å². The van der Waals surface area contributed by atoms with Gasteiger partial charge in [-0.15, -0.1) is 0 Å². The molecular formula is C25H31N3O4. The summed E-state index contributed by atoms with van der Waals surface area (Å²) in [5.74, 6) is 0.247. The molecule has 170 valence electrons. The second-order valence-electron chi connectivity index (χ2n) is 8.25. The first kappa shape index (κ1) is 23.3. The highest BCUT2D eigenvalue weighted by Crippen LogP contribution is 2.17. The Bertz CT molecular complexity index is 950. The molecular weight excluding hydrogens is 406 g/mol. The number of carbonyl (C=O) groups excluding carboxylic acids is 3. The van der Waals surface area contributed by atoms with Gasteiger partial charge in [0.1, 0.15) is 11.8 Å². The van der Waals surface area contributed by atoms with Crippen molar-refractivity contribution in [3.63, 3.8) is 0 Å². The van der Waals surface area contributed by atoms with Gasteiger partial charge >= 0.3 is 0 Å². The lowest BCUT2D eigenvalue weighted by atomic mass is 10.0. The zero-order valence-corrected chi connectivity index (χ0v) is 18.9. The molecule has 1 aliphatic heterocycles. The van der Waals surface area contributed by atoms with E-state index in [0.717, 1.165) is 11.1 Å². The van der Waals surface area contributed by atoms with E-state index < -0.39 is 6.04 Å². The SMILES string of the molecule is COc1cccc(CC(NC(C)=O)C(=O)NC2CCN(C(=O)c3ccc(C)cc3)CC2)c1. The summed E-state index contributed by atoms with van der Waals surface area (Å²) in [6.07, 6.45) is 1.72. The van der Waals surface area contributed by atoms with E-state index in [1.54, 1.807) is 7.11 Å². The van der Waals surface area contributed by atoms with E-state index >= 15 is 0 Å². The van der Waals surface area contributed by atoms with Crippen LogP contribution in [-0.4, -0.2) is 54.9 Å². The molecule has 2 aromatic rings. The van der Waals surface area contributed by atoms with Crippen LogP contribution in [0.3, 0.4) is 0 Å². The van der Waals surface area contributed by atoms with E-state index in [2.05, 4.69) is 10.6 Å². The average molecular weight is 438 g/mol. The van der Waals surface area contributed by atoms with Crippen molar-refractivity contribution in [2.45, 2.75) is 45.2 Å². The normalized spacial score (nSPS) is 15.0. The third-order valence-electron chi connectivity index (χ3n) is 5.70. The quantitative estimate of drug-likeness (QED) is 0.697. The highest BCUT2D eigenvalue weighted by Gasteiger charge is 2.27. The summed E-state index contributed by atoms with van der Waals surface area (Å²) >= 11 is 0. The smallest absolute Gasteiger partial charge is 0.253 e. The van der Waals surface area contributed by atoms with Crippen LogP contribution in [0.25, 0.3) is 0 Å². The number of aryl methyl sites for hydroxylation is 1. The van der Waals surface area contributed by atoms with Gasteiger partial charge < -0.3 is 20.3 Å². The van der Waals surface area contributed by atoms with Crippen LogP contribution in [-0.2, 0) is 16.0 Å². The number of amides is 3. The molecule has 0 bridgehead atoms. The molecule has 0 radical (unpaired) electrons. The van der Waals surface area contributed by atoms with E-state index in [9.17, 15) is 14.4 Å². The van der Waals surface area contributed by atoms with Crippen LogP contribution in [0.2, 0.25) is 0 Å². The summed E-state index contributed by atoms with van der Waals surface area (Å²) in [5.41, 5.74) is 2.70. The maximum absolute atomic E-state index is 12.9. The van der Waals surface area contributed by atoms with Crippen molar-refractivity contribution >= 4 is 17.7 Å². The average Bonchev–Trinajstić information content (AvgIpc) is 2.79. The molecule has 1 saturated heterocycles. The van der Waals surface area contributed by atoms with Crippen molar-refractivity contribution in [2.75, 3.05) is 20.2 Å². The maximum atomic E-state index is 12.9. The van der Waals surface area contributed by atoms with E-state index in [1.165, 1.54) is 6.92 Å². The molecule has 32 heavy (non-hydrogen) atoms. The van der Waals surface area contributed by atoms with Crippen LogP contribution < -0.4 is 15.4 Å². The molecule has 2 N–H and O–H groups in total. The largest absolute Gasteiger partial charge is 0.497 e. The number of likely N-dealkylation sites (tertiary alicyclic amines) is 1. The van der Waals surface area contributed by atoms with E-state index in [4.69, 9.17) is 4.74 Å². The molecule has 0 spiro atoms. The van der Waals surface area contributed by atoms with E-state index in [1.807, 2.05) is 60.4 Å². The number of rotatable bonds is 7. The van der Waals surface area contributed by atoms with Gasteiger partial charge in [-0.05, 0) is 49.6 Å². The van der Waals surface area contributed by atoms with Gasteiger partial charge in [0.15, 0.2) is 0 Å². The lowest BCUT2D eigenvalue weighted by molar-refractivity contribution is -0.128. The molecule has 7 nitrogen and oxygen atoms in total. The lowest BCUT2D eigenvalue weighted by Gasteiger charge is -2.33. The lowest BCUT2D eigenvalue weighted by Crippen LogP contribution is -2.53. The zero-order valence-electron chi connectivity index (χ0n) is 18.9.